The van der Waals surface area contributed by atoms with Crippen LogP contribution in [0.2, 0.25) is 0 Å². The van der Waals surface area contributed by atoms with Crippen LogP contribution in [0.5, 0.6) is 28.7 Å². The van der Waals surface area contributed by atoms with E-state index in [1.54, 1.807) is 84.1 Å². The van der Waals surface area contributed by atoms with Gasteiger partial charge in [0.1, 0.15) is 40.3 Å². The molecule has 0 atom stereocenters. The van der Waals surface area contributed by atoms with E-state index in [9.17, 15) is 9.59 Å². The number of carbonyl (C=O) groups excluding carboxylic acids is 2. The van der Waals surface area contributed by atoms with Gasteiger partial charge in [0.25, 0.3) is 0 Å². The van der Waals surface area contributed by atoms with Crippen molar-refractivity contribution in [2.45, 2.75) is 0 Å². The summed E-state index contributed by atoms with van der Waals surface area (Å²) >= 11 is 0. The van der Waals surface area contributed by atoms with Gasteiger partial charge in [-0.3, -0.25) is 0 Å². The van der Waals surface area contributed by atoms with Gasteiger partial charge < -0.3 is 33.2 Å². The van der Waals surface area contributed by atoms with Crippen LogP contribution in [0.25, 0.3) is 23.7 Å². The van der Waals surface area contributed by atoms with Gasteiger partial charge >= 0.3 is 11.9 Å². The standard InChI is InChI=1S/C21H20O6.C18H14O3/c1-23-15-7-8-18(25-3)17(11-15)20-10-14(21(22)27-20)9-13-5-6-16(24-2)12-19(13)26-4;1-20-16-10-6-5-9-15(16)17-12-14(18(19)21-17)11-13-7-3-2-4-8-13/h5-12H,1-4H3;2-12H,1H3/b14-9-;14-11-. The lowest BCUT2D eigenvalue weighted by atomic mass is 10.1. The molecule has 0 fully saturated rings. The molecule has 0 saturated carbocycles. The lowest BCUT2D eigenvalue weighted by Crippen LogP contribution is -1.99. The Balaban J connectivity index is 0.000000194. The molecule has 9 nitrogen and oxygen atoms in total. The smallest absolute Gasteiger partial charge is 0.343 e. The monoisotopic (exact) mass is 646 g/mol. The molecule has 0 aromatic heterocycles. The Morgan fingerprint density at radius 1 is 0.500 bits per heavy atom. The first kappa shape index (κ1) is 33.2. The third kappa shape index (κ3) is 7.59. The van der Waals surface area contributed by atoms with E-state index in [0.29, 0.717) is 57.0 Å². The van der Waals surface area contributed by atoms with Gasteiger partial charge in [0.2, 0.25) is 0 Å². The highest BCUT2D eigenvalue weighted by Crippen LogP contribution is 2.37. The molecule has 4 aromatic carbocycles. The van der Waals surface area contributed by atoms with Gasteiger partial charge in [-0.1, -0.05) is 42.5 Å². The molecular formula is C39H34O9. The van der Waals surface area contributed by atoms with Crippen molar-refractivity contribution in [1.82, 2.24) is 0 Å². The van der Waals surface area contributed by atoms with Crippen molar-refractivity contribution in [2.75, 3.05) is 35.5 Å². The Morgan fingerprint density at radius 2 is 1.04 bits per heavy atom. The highest BCUT2D eigenvalue weighted by atomic mass is 16.5. The maximum Gasteiger partial charge on any atom is 0.343 e. The minimum Gasteiger partial charge on any atom is -0.497 e. The van der Waals surface area contributed by atoms with Gasteiger partial charge in [-0.05, 0) is 72.3 Å². The molecule has 2 aliphatic rings. The summed E-state index contributed by atoms with van der Waals surface area (Å²) in [6, 6.07) is 27.8. The molecule has 0 amide bonds. The quantitative estimate of drug-likeness (QED) is 0.136. The van der Waals surface area contributed by atoms with Crippen LogP contribution in [0.4, 0.5) is 0 Å². The molecule has 6 rings (SSSR count). The molecule has 0 N–H and O–H groups in total. The molecule has 0 bridgehead atoms. The van der Waals surface area contributed by atoms with E-state index in [1.165, 1.54) is 0 Å². The van der Waals surface area contributed by atoms with Gasteiger partial charge in [0.05, 0.1) is 57.8 Å². The van der Waals surface area contributed by atoms with E-state index in [4.69, 9.17) is 33.2 Å². The fraction of sp³-hybridized carbons (Fsp3) is 0.128. The molecule has 0 saturated heterocycles. The Hall–Kier alpha value is -6.22. The van der Waals surface area contributed by atoms with Crippen molar-refractivity contribution in [2.24, 2.45) is 0 Å². The average Bonchev–Trinajstić information content (AvgIpc) is 3.69. The van der Waals surface area contributed by atoms with E-state index in [2.05, 4.69) is 0 Å². The van der Waals surface area contributed by atoms with E-state index in [-0.39, 0.29) is 5.97 Å². The summed E-state index contributed by atoms with van der Waals surface area (Å²) in [5, 5.41) is 0. The first-order valence-electron chi connectivity index (χ1n) is 14.8. The average molecular weight is 647 g/mol. The first-order valence-corrected chi connectivity index (χ1v) is 14.8. The molecule has 0 aliphatic carbocycles. The maximum absolute atomic E-state index is 12.4. The number of methoxy groups -OCH3 is 5. The molecule has 4 aromatic rings. The van der Waals surface area contributed by atoms with Gasteiger partial charge in [0.15, 0.2) is 0 Å². The zero-order valence-corrected chi connectivity index (χ0v) is 27.1. The number of benzene rings is 4. The van der Waals surface area contributed by atoms with Crippen molar-refractivity contribution in [3.63, 3.8) is 0 Å². The summed E-state index contributed by atoms with van der Waals surface area (Å²) in [5.74, 6) is 3.27. The van der Waals surface area contributed by atoms with Crippen molar-refractivity contribution in [1.29, 1.82) is 0 Å². The summed E-state index contributed by atoms with van der Waals surface area (Å²) in [5.41, 5.74) is 4.03. The topological polar surface area (TPSA) is 98.8 Å². The minimum absolute atomic E-state index is 0.347. The number of rotatable bonds is 9. The summed E-state index contributed by atoms with van der Waals surface area (Å²) in [7, 11) is 7.87. The molecule has 0 radical (unpaired) electrons. The van der Waals surface area contributed by atoms with Crippen LogP contribution in [0.3, 0.4) is 0 Å². The molecule has 0 spiro atoms. The van der Waals surface area contributed by atoms with Crippen LogP contribution in [-0.2, 0) is 19.1 Å². The number of hydrogen-bond donors (Lipinski definition) is 0. The molecule has 244 valence electrons. The predicted octanol–water partition coefficient (Wildman–Crippen LogP) is 7.38. The molecule has 2 aliphatic heterocycles. The van der Waals surface area contributed by atoms with Gasteiger partial charge in [-0.25, -0.2) is 9.59 Å². The third-order valence-electron chi connectivity index (χ3n) is 7.37. The minimum atomic E-state index is -0.451. The highest BCUT2D eigenvalue weighted by Gasteiger charge is 2.26. The van der Waals surface area contributed by atoms with Crippen LogP contribution < -0.4 is 23.7 Å². The number of carbonyl (C=O) groups is 2. The van der Waals surface area contributed by atoms with E-state index in [0.717, 1.165) is 16.7 Å². The van der Waals surface area contributed by atoms with Crippen molar-refractivity contribution >= 4 is 35.6 Å². The van der Waals surface area contributed by atoms with Crippen LogP contribution in [0.1, 0.15) is 22.3 Å². The summed E-state index contributed by atoms with van der Waals surface area (Å²) in [4.78, 5) is 24.3. The zero-order chi connectivity index (χ0) is 34.0. The molecule has 2 heterocycles. The summed E-state index contributed by atoms with van der Waals surface area (Å²) in [6.45, 7) is 0. The van der Waals surface area contributed by atoms with Crippen LogP contribution >= 0.6 is 0 Å². The Labute approximate surface area is 278 Å². The molecular weight excluding hydrogens is 612 g/mol. The number of ether oxygens (including phenoxy) is 7. The Kier molecular flexibility index (Phi) is 10.6. The fourth-order valence-corrected chi connectivity index (χ4v) is 4.93. The van der Waals surface area contributed by atoms with Crippen molar-refractivity contribution in [3.8, 4) is 28.7 Å². The summed E-state index contributed by atoms with van der Waals surface area (Å²) < 4.78 is 37.3. The van der Waals surface area contributed by atoms with Gasteiger partial charge in [-0.2, -0.15) is 0 Å². The number of cyclic esters (lactones) is 2. The highest BCUT2D eigenvalue weighted by molar-refractivity contribution is 6.06. The second-order valence-electron chi connectivity index (χ2n) is 10.3. The Bertz CT molecular complexity index is 1930. The number of para-hydroxylation sites is 1. The molecule has 48 heavy (non-hydrogen) atoms. The van der Waals surface area contributed by atoms with E-state index >= 15 is 0 Å². The number of esters is 2. The van der Waals surface area contributed by atoms with Crippen LogP contribution in [0.15, 0.2) is 114 Å². The van der Waals surface area contributed by atoms with E-state index < -0.39 is 5.97 Å². The number of hydrogen-bond acceptors (Lipinski definition) is 9. The van der Waals surface area contributed by atoms with E-state index in [1.807, 2.05) is 66.7 Å². The fourth-order valence-electron chi connectivity index (χ4n) is 4.93. The van der Waals surface area contributed by atoms with Crippen molar-refractivity contribution < 1.29 is 42.7 Å². The van der Waals surface area contributed by atoms with Crippen LogP contribution in [-0.4, -0.2) is 47.5 Å². The predicted molar refractivity (Wildman–Crippen MR) is 183 cm³/mol. The van der Waals surface area contributed by atoms with Gasteiger partial charge in [-0.15, -0.1) is 0 Å². The third-order valence-corrected chi connectivity index (χ3v) is 7.37. The lowest BCUT2D eigenvalue weighted by molar-refractivity contribution is -0.131. The SMILES string of the molecule is COc1ccc(/C=C2/C=C(c3cc(OC)ccc3OC)OC2=O)c(OC)c1.COc1ccccc1C1=C/C(=C/c2ccccc2)C(=O)O1. The van der Waals surface area contributed by atoms with Crippen LogP contribution in [0, 0.1) is 0 Å². The second kappa shape index (κ2) is 15.4. The summed E-state index contributed by atoms with van der Waals surface area (Å²) in [6.07, 6.45) is 6.93. The lowest BCUT2D eigenvalue weighted by Gasteiger charge is -2.10. The molecule has 9 heteroatoms. The normalized spacial score (nSPS) is 15.1. The maximum atomic E-state index is 12.4. The zero-order valence-electron chi connectivity index (χ0n) is 27.1. The Morgan fingerprint density at radius 3 is 1.69 bits per heavy atom. The second-order valence-corrected chi connectivity index (χ2v) is 10.3. The van der Waals surface area contributed by atoms with Gasteiger partial charge in [0, 0.05) is 11.6 Å². The first-order chi connectivity index (χ1) is 23.4. The largest absolute Gasteiger partial charge is 0.497 e. The molecule has 0 unspecified atom stereocenters. The van der Waals surface area contributed by atoms with Crippen molar-refractivity contribution in [3.05, 3.63) is 137 Å².